The number of hydrogen-bond acceptors (Lipinski definition) is 2. The van der Waals surface area contributed by atoms with Crippen molar-refractivity contribution in [2.24, 2.45) is 5.73 Å². The van der Waals surface area contributed by atoms with Crippen molar-refractivity contribution in [2.45, 2.75) is 52.1 Å². The van der Waals surface area contributed by atoms with Crippen LogP contribution in [-0.4, -0.2) is 11.7 Å². The van der Waals surface area contributed by atoms with Crippen molar-refractivity contribution in [3.63, 3.8) is 0 Å². The summed E-state index contributed by atoms with van der Waals surface area (Å²) in [6.07, 6.45) is 0.637. The van der Waals surface area contributed by atoms with Crippen molar-refractivity contribution in [3.8, 4) is 0 Å². The lowest BCUT2D eigenvalue weighted by Crippen LogP contribution is -2.35. The Bertz CT molecular complexity index is 386. The van der Waals surface area contributed by atoms with Crippen molar-refractivity contribution < 1.29 is 5.11 Å². The summed E-state index contributed by atoms with van der Waals surface area (Å²) >= 11 is 0. The van der Waals surface area contributed by atoms with Crippen molar-refractivity contribution in [1.82, 2.24) is 0 Å². The zero-order valence-corrected chi connectivity index (χ0v) is 11.7. The molecule has 1 aromatic carbocycles. The second-order valence-corrected chi connectivity index (χ2v) is 5.87. The number of hydrogen-bond donors (Lipinski definition) is 2. The van der Waals surface area contributed by atoms with Crippen molar-refractivity contribution in [2.75, 3.05) is 6.54 Å². The van der Waals surface area contributed by atoms with Crippen LogP contribution < -0.4 is 5.73 Å². The zero-order chi connectivity index (χ0) is 13.3. The molecule has 0 saturated heterocycles. The summed E-state index contributed by atoms with van der Waals surface area (Å²) in [5, 5.41) is 10.5. The lowest BCUT2D eigenvalue weighted by molar-refractivity contribution is 0.0411. The van der Waals surface area contributed by atoms with E-state index in [-0.39, 0.29) is 12.0 Å². The molecule has 1 aromatic rings. The minimum Gasteiger partial charge on any atom is -0.384 e. The Hall–Kier alpha value is -0.860. The van der Waals surface area contributed by atoms with Crippen LogP contribution in [0.4, 0.5) is 0 Å². The summed E-state index contributed by atoms with van der Waals surface area (Å²) in [6.45, 7) is 10.8. The molecular weight excluding hydrogens is 210 g/mol. The Labute approximate surface area is 105 Å². The summed E-state index contributed by atoms with van der Waals surface area (Å²) in [5.74, 6) is 0. The molecule has 1 atom stereocenters. The van der Waals surface area contributed by atoms with Crippen LogP contribution in [0.5, 0.6) is 0 Å². The molecule has 0 fully saturated rings. The van der Waals surface area contributed by atoms with Gasteiger partial charge in [-0.15, -0.1) is 0 Å². The van der Waals surface area contributed by atoms with Gasteiger partial charge in [0.25, 0.3) is 0 Å². The molecule has 3 N–H and O–H groups in total. The molecule has 1 unspecified atom stereocenters. The van der Waals surface area contributed by atoms with Crippen LogP contribution in [0, 0.1) is 6.92 Å². The highest BCUT2D eigenvalue weighted by molar-refractivity contribution is 5.38. The lowest BCUT2D eigenvalue weighted by atomic mass is 9.81. The van der Waals surface area contributed by atoms with Crippen LogP contribution in [-0.2, 0) is 11.0 Å². The maximum atomic E-state index is 10.5. The van der Waals surface area contributed by atoms with E-state index in [9.17, 15) is 5.11 Å². The number of benzene rings is 1. The van der Waals surface area contributed by atoms with Gasteiger partial charge in [0.2, 0.25) is 0 Å². The molecule has 0 saturated carbocycles. The van der Waals surface area contributed by atoms with E-state index in [0.29, 0.717) is 6.42 Å². The van der Waals surface area contributed by atoms with Crippen LogP contribution in [0.3, 0.4) is 0 Å². The molecule has 0 aliphatic heterocycles. The van der Waals surface area contributed by atoms with Gasteiger partial charge in [0.1, 0.15) is 5.60 Å². The smallest absolute Gasteiger partial charge is 0.102 e. The molecule has 0 bridgehead atoms. The summed E-state index contributed by atoms with van der Waals surface area (Å²) in [5.41, 5.74) is 8.23. The third-order valence-corrected chi connectivity index (χ3v) is 3.53. The predicted octanol–water partition coefficient (Wildman–Crippen LogP) is 2.85. The fourth-order valence-corrected chi connectivity index (χ4v) is 2.03. The number of rotatable bonds is 3. The summed E-state index contributed by atoms with van der Waals surface area (Å²) < 4.78 is 0. The minimum absolute atomic E-state index is 0.0890. The van der Waals surface area contributed by atoms with Gasteiger partial charge in [-0.3, -0.25) is 0 Å². The fraction of sp³-hybridized carbons (Fsp3) is 0.600. The van der Waals surface area contributed by atoms with E-state index in [0.717, 1.165) is 11.1 Å². The van der Waals surface area contributed by atoms with Crippen LogP contribution in [0.2, 0.25) is 0 Å². The van der Waals surface area contributed by atoms with E-state index in [2.05, 4.69) is 39.0 Å². The summed E-state index contributed by atoms with van der Waals surface area (Å²) in [4.78, 5) is 0. The molecule has 0 amide bonds. The Kier molecular flexibility index (Phi) is 4.00. The molecule has 0 aromatic heterocycles. The maximum Gasteiger partial charge on any atom is 0.102 e. The molecule has 1 rings (SSSR count). The normalized spacial score (nSPS) is 15.7. The first-order valence-corrected chi connectivity index (χ1v) is 6.28. The first-order chi connectivity index (χ1) is 7.74. The highest BCUT2D eigenvalue weighted by atomic mass is 16.3. The van der Waals surface area contributed by atoms with Gasteiger partial charge >= 0.3 is 0 Å². The van der Waals surface area contributed by atoms with Crippen LogP contribution in [0.1, 0.15) is 50.8 Å². The average molecular weight is 235 g/mol. The van der Waals surface area contributed by atoms with E-state index in [1.165, 1.54) is 5.56 Å². The third kappa shape index (κ3) is 2.88. The van der Waals surface area contributed by atoms with Crippen LogP contribution in [0.25, 0.3) is 0 Å². The predicted molar refractivity (Wildman–Crippen MR) is 73.1 cm³/mol. The zero-order valence-electron chi connectivity index (χ0n) is 11.7. The Morgan fingerprint density at radius 1 is 1.24 bits per heavy atom. The van der Waals surface area contributed by atoms with Gasteiger partial charge in [-0.2, -0.15) is 0 Å². The van der Waals surface area contributed by atoms with Crippen molar-refractivity contribution in [1.29, 1.82) is 0 Å². The molecule has 0 aliphatic carbocycles. The summed E-state index contributed by atoms with van der Waals surface area (Å²) in [6, 6.07) is 6.31. The molecule has 2 heteroatoms. The van der Waals surface area contributed by atoms with Gasteiger partial charge < -0.3 is 10.8 Å². The molecule has 0 spiro atoms. The second kappa shape index (κ2) is 4.79. The molecule has 96 valence electrons. The van der Waals surface area contributed by atoms with Gasteiger partial charge in [-0.25, -0.2) is 0 Å². The second-order valence-electron chi connectivity index (χ2n) is 5.87. The highest BCUT2D eigenvalue weighted by Gasteiger charge is 2.28. The lowest BCUT2D eigenvalue weighted by Gasteiger charge is -2.30. The number of aliphatic hydroxyl groups is 1. The van der Waals surface area contributed by atoms with E-state index in [1.54, 1.807) is 0 Å². The van der Waals surface area contributed by atoms with Crippen molar-refractivity contribution in [3.05, 3.63) is 34.9 Å². The first kappa shape index (κ1) is 14.2. The van der Waals surface area contributed by atoms with Gasteiger partial charge in [-0.05, 0) is 35.4 Å². The van der Waals surface area contributed by atoms with E-state index < -0.39 is 5.60 Å². The molecule has 0 heterocycles. The SMILES string of the molecule is CCC(O)(CN)c1cc(C(C)(C)C)ccc1C. The standard InChI is InChI=1S/C15H25NO/c1-6-15(17,10-16)13-9-12(14(3,4)5)8-7-11(13)2/h7-9,17H,6,10,16H2,1-5H3. The Morgan fingerprint density at radius 2 is 1.82 bits per heavy atom. The Balaban J connectivity index is 3.33. The molecular formula is C15H25NO. The highest BCUT2D eigenvalue weighted by Crippen LogP contribution is 2.31. The third-order valence-electron chi connectivity index (χ3n) is 3.53. The monoisotopic (exact) mass is 235 g/mol. The van der Waals surface area contributed by atoms with Gasteiger partial charge in [-0.1, -0.05) is 45.9 Å². The van der Waals surface area contributed by atoms with Crippen LogP contribution in [0.15, 0.2) is 18.2 Å². The number of aryl methyl sites for hydroxylation is 1. The first-order valence-electron chi connectivity index (χ1n) is 6.28. The molecule has 2 nitrogen and oxygen atoms in total. The Morgan fingerprint density at radius 3 is 2.24 bits per heavy atom. The molecule has 0 aliphatic rings. The largest absolute Gasteiger partial charge is 0.384 e. The van der Waals surface area contributed by atoms with Gasteiger partial charge in [0.05, 0.1) is 0 Å². The quantitative estimate of drug-likeness (QED) is 0.846. The average Bonchev–Trinajstić information content (AvgIpc) is 2.27. The topological polar surface area (TPSA) is 46.2 Å². The number of nitrogens with two attached hydrogens (primary N) is 1. The fourth-order valence-electron chi connectivity index (χ4n) is 2.03. The summed E-state index contributed by atoms with van der Waals surface area (Å²) in [7, 11) is 0. The van der Waals surface area contributed by atoms with Crippen LogP contribution >= 0.6 is 0 Å². The van der Waals surface area contributed by atoms with Crippen molar-refractivity contribution >= 4 is 0 Å². The minimum atomic E-state index is -0.897. The van der Waals surface area contributed by atoms with E-state index in [1.807, 2.05) is 13.8 Å². The molecule has 0 radical (unpaired) electrons. The van der Waals surface area contributed by atoms with Gasteiger partial charge in [0, 0.05) is 6.54 Å². The van der Waals surface area contributed by atoms with E-state index in [4.69, 9.17) is 5.73 Å². The van der Waals surface area contributed by atoms with E-state index >= 15 is 0 Å². The van der Waals surface area contributed by atoms with Gasteiger partial charge in [0.15, 0.2) is 0 Å². The molecule has 17 heavy (non-hydrogen) atoms. The maximum absolute atomic E-state index is 10.5.